The molecule has 0 spiro atoms. The topological polar surface area (TPSA) is 60.7 Å². The Labute approximate surface area is 169 Å². The predicted octanol–water partition coefficient (Wildman–Crippen LogP) is 6.52. The average molecular weight is 410 g/mol. The Balaban J connectivity index is 2.47. The summed E-state index contributed by atoms with van der Waals surface area (Å²) < 4.78 is 39.4. The summed E-state index contributed by atoms with van der Waals surface area (Å²) in [4.78, 5) is 0. The smallest absolute Gasteiger partial charge is 0.416 e. The van der Waals surface area contributed by atoms with E-state index in [9.17, 15) is 28.5 Å². The van der Waals surface area contributed by atoms with Crippen molar-refractivity contribution < 1.29 is 28.5 Å². The van der Waals surface area contributed by atoms with Crippen LogP contribution in [0, 0.1) is 0 Å². The van der Waals surface area contributed by atoms with E-state index in [0.717, 1.165) is 50.3 Å². The van der Waals surface area contributed by atoms with Crippen LogP contribution >= 0.6 is 0 Å². The van der Waals surface area contributed by atoms with Crippen LogP contribution in [0.3, 0.4) is 0 Å². The van der Waals surface area contributed by atoms with Crippen molar-refractivity contribution in [2.45, 2.75) is 71.1 Å². The minimum absolute atomic E-state index is 0.0374. The number of unbranched alkanes of at least 4 members (excludes halogenated alkanes) is 3. The molecule has 0 aromatic heterocycles. The second-order valence-electron chi connectivity index (χ2n) is 8.11. The highest BCUT2D eigenvalue weighted by Crippen LogP contribution is 2.45. The van der Waals surface area contributed by atoms with E-state index in [-0.39, 0.29) is 33.6 Å². The van der Waals surface area contributed by atoms with Gasteiger partial charge in [-0.15, -0.1) is 0 Å². The Hall–Kier alpha value is -2.21. The number of phenols is 2. The van der Waals surface area contributed by atoms with Gasteiger partial charge in [0, 0.05) is 0 Å². The van der Waals surface area contributed by atoms with Crippen molar-refractivity contribution in [1.29, 1.82) is 0 Å². The second-order valence-corrected chi connectivity index (χ2v) is 8.11. The summed E-state index contributed by atoms with van der Waals surface area (Å²) in [6, 6.07) is 5.86. The first-order valence-electron chi connectivity index (χ1n) is 9.89. The molecule has 0 amide bonds. The maximum absolute atomic E-state index is 13.1. The highest BCUT2D eigenvalue weighted by atomic mass is 19.4. The fourth-order valence-electron chi connectivity index (χ4n) is 3.54. The van der Waals surface area contributed by atoms with Gasteiger partial charge in [-0.2, -0.15) is 13.2 Å². The minimum atomic E-state index is -4.58. The molecule has 0 radical (unpaired) electrons. The molecule has 0 aliphatic carbocycles. The van der Waals surface area contributed by atoms with E-state index in [4.69, 9.17) is 0 Å². The number of benzene rings is 2. The molecule has 0 unspecified atom stereocenters. The lowest BCUT2D eigenvalue weighted by molar-refractivity contribution is -0.137. The molecule has 29 heavy (non-hydrogen) atoms. The molecule has 2 aromatic rings. The monoisotopic (exact) mass is 410 g/mol. The first-order valence-corrected chi connectivity index (χ1v) is 9.89. The molecule has 3 N–H and O–H groups in total. The van der Waals surface area contributed by atoms with E-state index < -0.39 is 18.3 Å². The second kappa shape index (κ2) is 9.08. The number of aliphatic hydroxyl groups is 1. The van der Waals surface area contributed by atoms with Gasteiger partial charge < -0.3 is 15.3 Å². The first kappa shape index (κ1) is 23.1. The zero-order valence-corrected chi connectivity index (χ0v) is 17.1. The fraction of sp³-hybridized carbons (Fsp3) is 0.478. The van der Waals surface area contributed by atoms with Gasteiger partial charge in [-0.05, 0) is 52.8 Å². The molecule has 6 heteroatoms. The van der Waals surface area contributed by atoms with E-state index >= 15 is 0 Å². The summed E-state index contributed by atoms with van der Waals surface area (Å²) in [5.74, 6) is -0.619. The Bertz CT molecular complexity index is 819. The van der Waals surface area contributed by atoms with Gasteiger partial charge in [-0.25, -0.2) is 0 Å². The Kier molecular flexibility index (Phi) is 7.22. The summed E-state index contributed by atoms with van der Waals surface area (Å²) in [6.07, 6.45) is 0.656. The molecule has 3 nitrogen and oxygen atoms in total. The Morgan fingerprint density at radius 3 is 2.00 bits per heavy atom. The lowest BCUT2D eigenvalue weighted by Gasteiger charge is -2.27. The highest BCUT2D eigenvalue weighted by molar-refractivity contribution is 5.80. The lowest BCUT2D eigenvalue weighted by Crippen LogP contribution is -2.17. The van der Waals surface area contributed by atoms with Crippen LogP contribution < -0.4 is 0 Å². The van der Waals surface area contributed by atoms with E-state index in [1.165, 1.54) is 12.1 Å². The van der Waals surface area contributed by atoms with Crippen LogP contribution in [0.2, 0.25) is 0 Å². The van der Waals surface area contributed by atoms with Crippen molar-refractivity contribution >= 4 is 0 Å². The van der Waals surface area contributed by atoms with E-state index in [2.05, 4.69) is 6.92 Å². The third kappa shape index (κ3) is 5.44. The van der Waals surface area contributed by atoms with Crippen LogP contribution in [-0.4, -0.2) is 15.3 Å². The molecular formula is C23H29F3O3. The third-order valence-electron chi connectivity index (χ3n) is 5.41. The van der Waals surface area contributed by atoms with E-state index in [0.29, 0.717) is 5.56 Å². The molecule has 0 heterocycles. The molecule has 0 atom stereocenters. The van der Waals surface area contributed by atoms with Gasteiger partial charge in [0.05, 0.1) is 17.7 Å². The average Bonchev–Trinajstić information content (AvgIpc) is 2.64. The highest BCUT2D eigenvalue weighted by Gasteiger charge is 2.32. The van der Waals surface area contributed by atoms with Crippen LogP contribution in [0.25, 0.3) is 11.1 Å². The van der Waals surface area contributed by atoms with Gasteiger partial charge in [-0.1, -0.05) is 52.5 Å². The van der Waals surface area contributed by atoms with Crippen LogP contribution in [0.15, 0.2) is 30.3 Å². The van der Waals surface area contributed by atoms with Crippen molar-refractivity contribution in [3.05, 3.63) is 47.0 Å². The molecule has 0 saturated heterocycles. The number of aromatic hydroxyl groups is 2. The van der Waals surface area contributed by atoms with E-state index in [1.54, 1.807) is 0 Å². The maximum atomic E-state index is 13.1. The number of hydrogen-bond donors (Lipinski definition) is 3. The fourth-order valence-corrected chi connectivity index (χ4v) is 3.54. The molecule has 0 fully saturated rings. The number of aliphatic hydroxyl groups excluding tert-OH is 1. The third-order valence-corrected chi connectivity index (χ3v) is 5.41. The van der Waals surface area contributed by atoms with Crippen molar-refractivity contribution in [2.24, 2.45) is 0 Å². The van der Waals surface area contributed by atoms with Gasteiger partial charge in [-0.3, -0.25) is 0 Å². The summed E-state index contributed by atoms with van der Waals surface area (Å²) >= 11 is 0. The summed E-state index contributed by atoms with van der Waals surface area (Å²) in [5.41, 5.74) is -0.464. The van der Waals surface area contributed by atoms with Crippen molar-refractivity contribution in [3.63, 3.8) is 0 Å². The quantitative estimate of drug-likeness (QED) is 0.434. The molecule has 2 rings (SSSR count). The van der Waals surface area contributed by atoms with Gasteiger partial charge in [0.2, 0.25) is 0 Å². The standard InChI is InChI=1S/C23H29F3O3/c1-4-5-6-7-10-22(2,3)17-12-19(28)21(20(29)13-17)18-11-16(23(24,25)26)9-8-15(18)14-27/h8-9,11-13,27-29H,4-7,10,14H2,1-3H3. The van der Waals surface area contributed by atoms with Crippen molar-refractivity contribution in [2.75, 3.05) is 0 Å². The SMILES string of the molecule is CCCCCCC(C)(C)c1cc(O)c(-c2cc(C(F)(F)F)ccc2CO)c(O)c1. The molecule has 0 saturated carbocycles. The van der Waals surface area contributed by atoms with Crippen molar-refractivity contribution in [1.82, 2.24) is 0 Å². The molecule has 0 aliphatic rings. The van der Waals surface area contributed by atoms with Gasteiger partial charge in [0.25, 0.3) is 0 Å². The minimum Gasteiger partial charge on any atom is -0.507 e. The zero-order chi connectivity index (χ0) is 21.8. The van der Waals surface area contributed by atoms with Crippen molar-refractivity contribution in [3.8, 4) is 22.6 Å². The summed E-state index contributed by atoms with van der Waals surface area (Å²) in [5, 5.41) is 30.7. The number of halogens is 3. The summed E-state index contributed by atoms with van der Waals surface area (Å²) in [7, 11) is 0. The lowest BCUT2D eigenvalue weighted by atomic mass is 9.79. The number of hydrogen-bond acceptors (Lipinski definition) is 3. The van der Waals surface area contributed by atoms with E-state index in [1.807, 2.05) is 13.8 Å². The molecule has 2 aromatic carbocycles. The molecule has 0 aliphatic heterocycles. The normalized spacial score (nSPS) is 12.4. The van der Waals surface area contributed by atoms with Crippen LogP contribution in [0.1, 0.15) is 69.6 Å². The number of alkyl halides is 3. The largest absolute Gasteiger partial charge is 0.507 e. The van der Waals surface area contributed by atoms with Gasteiger partial charge in [0.15, 0.2) is 0 Å². The van der Waals surface area contributed by atoms with Gasteiger partial charge in [0.1, 0.15) is 11.5 Å². The molecule has 0 bridgehead atoms. The van der Waals surface area contributed by atoms with Gasteiger partial charge >= 0.3 is 6.18 Å². The van der Waals surface area contributed by atoms with Crippen LogP contribution in [0.4, 0.5) is 13.2 Å². The maximum Gasteiger partial charge on any atom is 0.416 e. The first-order chi connectivity index (χ1) is 13.5. The number of phenolic OH excluding ortho intramolecular Hbond substituents is 2. The molecule has 160 valence electrons. The molecular weight excluding hydrogens is 381 g/mol. The number of rotatable bonds is 8. The predicted molar refractivity (Wildman–Crippen MR) is 108 cm³/mol. The zero-order valence-electron chi connectivity index (χ0n) is 17.1. The Morgan fingerprint density at radius 1 is 0.862 bits per heavy atom. The summed E-state index contributed by atoms with van der Waals surface area (Å²) in [6.45, 7) is 5.64. The van der Waals surface area contributed by atoms with Crippen LogP contribution in [0.5, 0.6) is 11.5 Å². The Morgan fingerprint density at radius 2 is 1.48 bits per heavy atom. The van der Waals surface area contributed by atoms with Crippen LogP contribution in [-0.2, 0) is 18.2 Å².